The fourth-order valence-electron chi connectivity index (χ4n) is 2.06. The first kappa shape index (κ1) is 13.2. The van der Waals surface area contributed by atoms with Crippen molar-refractivity contribution >= 4 is 33.0 Å². The zero-order valence-corrected chi connectivity index (χ0v) is 12.1. The van der Waals surface area contributed by atoms with Gasteiger partial charge in [0, 0.05) is 40.3 Å². The summed E-state index contributed by atoms with van der Waals surface area (Å²) in [6.07, 6.45) is 2.58. The normalized spacial score (nSPS) is 18.5. The third-order valence-electron chi connectivity index (χ3n) is 3.03. The number of ketones is 1. The molecule has 0 saturated carbocycles. The Kier molecular flexibility index (Phi) is 4.73. The molecule has 2 rings (SSSR count). The van der Waals surface area contributed by atoms with Crippen molar-refractivity contribution in [2.75, 3.05) is 19.6 Å². The van der Waals surface area contributed by atoms with Gasteiger partial charge >= 0.3 is 0 Å². The van der Waals surface area contributed by atoms with Gasteiger partial charge in [-0.2, -0.15) is 0 Å². The number of thiophene rings is 1. The molecule has 0 radical (unpaired) electrons. The van der Waals surface area contributed by atoms with Gasteiger partial charge in [0.2, 0.25) is 0 Å². The smallest absolute Gasteiger partial charge is 0.152 e. The molecule has 0 aromatic carbocycles. The Hall–Kier alpha value is -0.230. The van der Waals surface area contributed by atoms with E-state index in [1.807, 2.05) is 11.4 Å². The molecule has 1 saturated heterocycles. The molecule has 2 heterocycles. The molecule has 0 unspecified atom stereocenters. The van der Waals surface area contributed by atoms with E-state index >= 15 is 0 Å². The molecule has 1 aromatic heterocycles. The lowest BCUT2D eigenvalue weighted by Gasteiger charge is -2.29. The van der Waals surface area contributed by atoms with Crippen molar-refractivity contribution in [3.05, 3.63) is 20.8 Å². The lowest BCUT2D eigenvalue weighted by molar-refractivity contribution is -0.119. The Morgan fingerprint density at radius 1 is 1.53 bits per heavy atom. The van der Waals surface area contributed by atoms with Crippen LogP contribution in [0.1, 0.15) is 17.7 Å². The minimum Gasteiger partial charge on any atom is -0.328 e. The van der Waals surface area contributed by atoms with Crippen molar-refractivity contribution in [2.45, 2.75) is 25.3 Å². The number of carbonyl (C=O) groups is 1. The van der Waals surface area contributed by atoms with Crippen molar-refractivity contribution in [2.24, 2.45) is 5.73 Å². The van der Waals surface area contributed by atoms with E-state index in [1.54, 1.807) is 11.3 Å². The quantitative estimate of drug-likeness (QED) is 0.924. The Bertz CT molecular complexity index is 386. The molecule has 1 aliphatic heterocycles. The lowest BCUT2D eigenvalue weighted by atomic mass is 10.1. The number of hydrogen-bond donors (Lipinski definition) is 1. The molecule has 3 nitrogen and oxygen atoms in total. The van der Waals surface area contributed by atoms with Crippen LogP contribution in [0.25, 0.3) is 0 Å². The summed E-state index contributed by atoms with van der Waals surface area (Å²) in [5, 5.41) is 2.02. The summed E-state index contributed by atoms with van der Waals surface area (Å²) in [7, 11) is 0. The van der Waals surface area contributed by atoms with Gasteiger partial charge in [0.1, 0.15) is 0 Å². The van der Waals surface area contributed by atoms with Crippen molar-refractivity contribution in [1.29, 1.82) is 0 Å². The molecular formula is C12H17BrN2OS. The molecule has 17 heavy (non-hydrogen) atoms. The third kappa shape index (κ3) is 4.17. The van der Waals surface area contributed by atoms with Gasteiger partial charge in [0.15, 0.2) is 5.78 Å². The van der Waals surface area contributed by atoms with Crippen LogP contribution in [-0.4, -0.2) is 36.4 Å². The van der Waals surface area contributed by atoms with E-state index in [2.05, 4.69) is 20.8 Å². The van der Waals surface area contributed by atoms with Crippen LogP contribution in [0.3, 0.4) is 0 Å². The molecule has 94 valence electrons. The number of carbonyl (C=O) groups excluding carboxylic acids is 1. The molecule has 1 aromatic rings. The van der Waals surface area contributed by atoms with E-state index in [4.69, 9.17) is 5.73 Å². The fraction of sp³-hybridized carbons (Fsp3) is 0.583. The molecule has 0 bridgehead atoms. The van der Waals surface area contributed by atoms with Crippen LogP contribution >= 0.6 is 27.3 Å². The molecule has 0 atom stereocenters. The van der Waals surface area contributed by atoms with Crippen molar-refractivity contribution in [1.82, 2.24) is 4.90 Å². The summed E-state index contributed by atoms with van der Waals surface area (Å²) >= 11 is 5.04. The highest BCUT2D eigenvalue weighted by Crippen LogP contribution is 2.20. The van der Waals surface area contributed by atoms with Gasteiger partial charge in [-0.15, -0.1) is 11.3 Å². The maximum absolute atomic E-state index is 11.9. The number of hydrogen-bond acceptors (Lipinski definition) is 4. The van der Waals surface area contributed by atoms with Crippen molar-refractivity contribution in [3.8, 4) is 0 Å². The third-order valence-corrected chi connectivity index (χ3v) is 4.72. The van der Waals surface area contributed by atoms with Gasteiger partial charge in [0.05, 0.1) is 6.54 Å². The Balaban J connectivity index is 1.77. The summed E-state index contributed by atoms with van der Waals surface area (Å²) < 4.78 is 1.06. The second kappa shape index (κ2) is 6.09. The molecular weight excluding hydrogens is 300 g/mol. The molecule has 0 aliphatic carbocycles. The second-order valence-corrected chi connectivity index (χ2v) is 6.47. The van der Waals surface area contributed by atoms with Crippen molar-refractivity contribution in [3.63, 3.8) is 0 Å². The Morgan fingerprint density at radius 2 is 2.24 bits per heavy atom. The van der Waals surface area contributed by atoms with E-state index < -0.39 is 0 Å². The number of nitrogens with zero attached hydrogens (tertiary/aromatic N) is 1. The summed E-state index contributed by atoms with van der Waals surface area (Å²) in [5.41, 5.74) is 5.84. The van der Waals surface area contributed by atoms with E-state index in [1.165, 1.54) is 0 Å². The maximum Gasteiger partial charge on any atom is 0.152 e. The van der Waals surface area contributed by atoms with E-state index in [0.29, 0.717) is 24.8 Å². The summed E-state index contributed by atoms with van der Waals surface area (Å²) in [5.74, 6) is 0.301. The minimum atomic E-state index is 0.301. The minimum absolute atomic E-state index is 0.301. The van der Waals surface area contributed by atoms with Crippen LogP contribution in [0, 0.1) is 0 Å². The van der Waals surface area contributed by atoms with E-state index in [0.717, 1.165) is 35.3 Å². The van der Waals surface area contributed by atoms with Gasteiger partial charge in [-0.1, -0.05) is 0 Å². The van der Waals surface area contributed by atoms with Crippen LogP contribution in [0.15, 0.2) is 15.9 Å². The fourth-order valence-corrected chi connectivity index (χ4v) is 3.54. The molecule has 0 amide bonds. The highest BCUT2D eigenvalue weighted by molar-refractivity contribution is 9.10. The number of piperidine rings is 1. The maximum atomic E-state index is 11.9. The van der Waals surface area contributed by atoms with Gasteiger partial charge in [-0.05, 0) is 34.8 Å². The molecule has 0 spiro atoms. The summed E-state index contributed by atoms with van der Waals surface area (Å²) in [6, 6.07) is 2.35. The predicted octanol–water partition coefficient (Wildman–Crippen LogP) is 2.05. The summed E-state index contributed by atoms with van der Waals surface area (Å²) in [6.45, 7) is 2.49. The SMILES string of the molecule is NC1CCN(CC(=O)Cc2cc(Br)cs2)CC1. The molecule has 2 N–H and O–H groups in total. The first-order valence-corrected chi connectivity index (χ1v) is 7.53. The average molecular weight is 317 g/mol. The number of Topliss-reactive ketones (excluding diaryl/α,β-unsaturated/α-hetero) is 1. The van der Waals surface area contributed by atoms with Crippen LogP contribution in [0.4, 0.5) is 0 Å². The van der Waals surface area contributed by atoms with Gasteiger partial charge in [0.25, 0.3) is 0 Å². The molecule has 5 heteroatoms. The average Bonchev–Trinajstić information content (AvgIpc) is 2.67. The zero-order chi connectivity index (χ0) is 12.3. The van der Waals surface area contributed by atoms with Crippen molar-refractivity contribution < 1.29 is 4.79 Å². The predicted molar refractivity (Wildman–Crippen MR) is 74.4 cm³/mol. The van der Waals surface area contributed by atoms with Crippen LogP contribution in [-0.2, 0) is 11.2 Å². The molecule has 1 aliphatic rings. The topological polar surface area (TPSA) is 46.3 Å². The number of rotatable bonds is 4. The number of halogens is 1. The molecule has 1 fully saturated rings. The second-order valence-electron chi connectivity index (χ2n) is 4.56. The zero-order valence-electron chi connectivity index (χ0n) is 9.69. The monoisotopic (exact) mass is 316 g/mol. The Morgan fingerprint density at radius 3 is 2.82 bits per heavy atom. The number of nitrogens with two attached hydrogens (primary N) is 1. The standard InChI is InChI=1S/C12H17BrN2OS/c13-9-5-12(17-8-9)6-11(16)7-15-3-1-10(14)2-4-15/h5,8,10H,1-4,6-7,14H2. The first-order chi connectivity index (χ1) is 8.13. The van der Waals surface area contributed by atoms with E-state index in [-0.39, 0.29) is 0 Å². The Labute approximate surface area is 114 Å². The lowest BCUT2D eigenvalue weighted by Crippen LogP contribution is -2.42. The van der Waals surface area contributed by atoms with E-state index in [9.17, 15) is 4.79 Å². The number of likely N-dealkylation sites (tertiary alicyclic amines) is 1. The van der Waals surface area contributed by atoms with Gasteiger partial charge < -0.3 is 5.73 Å². The largest absolute Gasteiger partial charge is 0.328 e. The van der Waals surface area contributed by atoms with Crippen LogP contribution < -0.4 is 5.73 Å². The highest BCUT2D eigenvalue weighted by Gasteiger charge is 2.18. The van der Waals surface area contributed by atoms with Gasteiger partial charge in [-0.3, -0.25) is 9.69 Å². The summed E-state index contributed by atoms with van der Waals surface area (Å²) in [4.78, 5) is 15.2. The van der Waals surface area contributed by atoms with Crippen LogP contribution in [0.2, 0.25) is 0 Å². The van der Waals surface area contributed by atoms with Gasteiger partial charge in [-0.25, -0.2) is 0 Å². The first-order valence-electron chi connectivity index (χ1n) is 5.86. The highest BCUT2D eigenvalue weighted by atomic mass is 79.9. The van der Waals surface area contributed by atoms with Crippen LogP contribution in [0.5, 0.6) is 0 Å².